The van der Waals surface area contributed by atoms with Gasteiger partial charge < -0.3 is 9.64 Å². The molecule has 3 fully saturated rings. The number of amides is 1. The van der Waals surface area contributed by atoms with Gasteiger partial charge in [0.15, 0.2) is 5.78 Å². The van der Waals surface area contributed by atoms with Crippen LogP contribution in [0, 0.1) is 11.2 Å². The summed E-state index contributed by atoms with van der Waals surface area (Å²) in [5.41, 5.74) is 3.60. The van der Waals surface area contributed by atoms with Gasteiger partial charge in [-0.15, -0.1) is 0 Å². The summed E-state index contributed by atoms with van der Waals surface area (Å²) in [7, 11) is 0. The van der Waals surface area contributed by atoms with E-state index in [-0.39, 0.29) is 23.1 Å². The molecular weight excluding hydrogens is 419 g/mol. The predicted octanol–water partition coefficient (Wildman–Crippen LogP) is 4.99. The molecule has 0 N–H and O–H groups in total. The highest BCUT2D eigenvalue weighted by molar-refractivity contribution is 5.96. The van der Waals surface area contributed by atoms with Crippen LogP contribution in [0.25, 0.3) is 0 Å². The smallest absolute Gasteiger partial charge is 0.410 e. The number of benzene rings is 2. The minimum absolute atomic E-state index is 0.0677. The Hall–Kier alpha value is -2.73. The fourth-order valence-electron chi connectivity index (χ4n) is 5.60. The van der Waals surface area contributed by atoms with Crippen LogP contribution >= 0.6 is 0 Å². The molecule has 1 amide bonds. The van der Waals surface area contributed by atoms with Crippen molar-refractivity contribution >= 4 is 11.9 Å². The molecule has 6 rings (SSSR count). The van der Waals surface area contributed by atoms with Gasteiger partial charge in [-0.25, -0.2) is 9.18 Å². The van der Waals surface area contributed by atoms with Crippen LogP contribution < -0.4 is 0 Å². The number of halogens is 1. The van der Waals surface area contributed by atoms with Crippen molar-refractivity contribution in [3.8, 4) is 0 Å². The molecule has 33 heavy (non-hydrogen) atoms. The maximum absolute atomic E-state index is 13.7. The number of carbonyl (C=O) groups is 2. The number of nitrogens with zero attached hydrogens (tertiary/aromatic N) is 2. The maximum atomic E-state index is 13.7. The van der Waals surface area contributed by atoms with E-state index in [0.717, 1.165) is 55.6 Å². The van der Waals surface area contributed by atoms with Crippen LogP contribution in [-0.4, -0.2) is 54.5 Å². The lowest BCUT2D eigenvalue weighted by Crippen LogP contribution is -2.51. The summed E-state index contributed by atoms with van der Waals surface area (Å²) in [4.78, 5) is 30.0. The minimum atomic E-state index is -0.405. The van der Waals surface area contributed by atoms with Gasteiger partial charge in [0.25, 0.3) is 0 Å². The number of ether oxygens (including phenoxy) is 1. The lowest BCUT2D eigenvalue weighted by Gasteiger charge is -2.48. The first-order chi connectivity index (χ1) is 16.0. The molecule has 2 aromatic carbocycles. The maximum Gasteiger partial charge on any atom is 0.410 e. The van der Waals surface area contributed by atoms with E-state index < -0.39 is 6.04 Å². The third-order valence-electron chi connectivity index (χ3n) is 7.81. The van der Waals surface area contributed by atoms with Gasteiger partial charge >= 0.3 is 6.09 Å². The molecule has 4 heterocycles. The van der Waals surface area contributed by atoms with Gasteiger partial charge in [0.2, 0.25) is 0 Å². The third kappa shape index (κ3) is 4.29. The molecule has 0 spiro atoms. The molecular formula is C27H31FN2O3. The van der Waals surface area contributed by atoms with Gasteiger partial charge in [0.05, 0.1) is 12.6 Å². The number of hydrogen-bond donors (Lipinski definition) is 0. The lowest BCUT2D eigenvalue weighted by atomic mass is 9.73. The molecule has 2 aromatic rings. The molecule has 4 aliphatic heterocycles. The van der Waals surface area contributed by atoms with Crippen LogP contribution in [-0.2, 0) is 11.2 Å². The molecule has 0 radical (unpaired) electrons. The highest BCUT2D eigenvalue weighted by atomic mass is 19.1. The Labute approximate surface area is 194 Å². The Morgan fingerprint density at radius 1 is 1.03 bits per heavy atom. The molecule has 0 aliphatic carbocycles. The lowest BCUT2D eigenvalue weighted by molar-refractivity contribution is -0.0300. The second-order valence-electron chi connectivity index (χ2n) is 9.73. The quantitative estimate of drug-likeness (QED) is 0.603. The van der Waals surface area contributed by atoms with Crippen molar-refractivity contribution in [2.45, 2.75) is 45.1 Å². The first-order valence-corrected chi connectivity index (χ1v) is 12.1. The Morgan fingerprint density at radius 2 is 1.73 bits per heavy atom. The summed E-state index contributed by atoms with van der Waals surface area (Å²) in [6, 6.07) is 11.6. The molecule has 3 saturated heterocycles. The molecule has 4 aliphatic rings. The van der Waals surface area contributed by atoms with Gasteiger partial charge in [0, 0.05) is 23.9 Å². The van der Waals surface area contributed by atoms with E-state index >= 15 is 0 Å². The zero-order chi connectivity index (χ0) is 23.0. The summed E-state index contributed by atoms with van der Waals surface area (Å²) < 4.78 is 19.6. The molecule has 5 nitrogen and oxygen atoms in total. The average molecular weight is 451 g/mol. The highest BCUT2D eigenvalue weighted by Gasteiger charge is 2.41. The van der Waals surface area contributed by atoms with Crippen LogP contribution in [0.15, 0.2) is 42.5 Å². The minimum Gasteiger partial charge on any atom is -0.449 e. The summed E-state index contributed by atoms with van der Waals surface area (Å²) in [6.45, 7) is 6.07. The number of ketones is 1. The molecule has 0 unspecified atom stereocenters. The summed E-state index contributed by atoms with van der Waals surface area (Å²) in [6.07, 6.45) is 4.02. The van der Waals surface area contributed by atoms with E-state index in [0.29, 0.717) is 31.6 Å². The van der Waals surface area contributed by atoms with Gasteiger partial charge in [-0.3, -0.25) is 9.69 Å². The number of carbonyl (C=O) groups excluding carboxylic acids is 2. The average Bonchev–Trinajstić information content (AvgIpc) is 2.87. The van der Waals surface area contributed by atoms with Gasteiger partial charge in [-0.05, 0) is 80.2 Å². The van der Waals surface area contributed by atoms with Gasteiger partial charge in [-0.2, -0.15) is 0 Å². The van der Waals surface area contributed by atoms with E-state index in [1.54, 1.807) is 17.0 Å². The van der Waals surface area contributed by atoms with E-state index in [4.69, 9.17) is 4.74 Å². The van der Waals surface area contributed by atoms with Crippen LogP contribution in [0.5, 0.6) is 0 Å². The number of piperidine rings is 3. The Morgan fingerprint density at radius 3 is 2.39 bits per heavy atom. The van der Waals surface area contributed by atoms with Crippen molar-refractivity contribution in [3.05, 3.63) is 70.5 Å². The van der Waals surface area contributed by atoms with Gasteiger partial charge in [0.1, 0.15) is 5.82 Å². The topological polar surface area (TPSA) is 49.9 Å². The van der Waals surface area contributed by atoms with Crippen molar-refractivity contribution in [1.29, 1.82) is 0 Å². The van der Waals surface area contributed by atoms with Crippen LogP contribution in [0.2, 0.25) is 0 Å². The summed E-state index contributed by atoms with van der Waals surface area (Å²) in [5.74, 6) is -0.250. The molecule has 0 saturated carbocycles. The van der Waals surface area contributed by atoms with E-state index in [1.807, 2.05) is 25.1 Å². The third-order valence-corrected chi connectivity index (χ3v) is 7.81. The predicted molar refractivity (Wildman–Crippen MR) is 124 cm³/mol. The van der Waals surface area contributed by atoms with Gasteiger partial charge in [-0.1, -0.05) is 31.2 Å². The Balaban J connectivity index is 1.44. The summed E-state index contributed by atoms with van der Waals surface area (Å²) >= 11 is 0. The fraction of sp³-hybridized carbons (Fsp3) is 0.481. The van der Waals surface area contributed by atoms with Crippen LogP contribution in [0.1, 0.15) is 65.7 Å². The Kier molecular flexibility index (Phi) is 5.95. The molecule has 6 heteroatoms. The number of Topliss-reactive ketones (excluding diaryl/α,β-unsaturated/α-hetero) is 1. The van der Waals surface area contributed by atoms with E-state index in [9.17, 15) is 14.0 Å². The second-order valence-corrected chi connectivity index (χ2v) is 9.73. The Bertz CT molecular complexity index is 1030. The zero-order valence-electron chi connectivity index (χ0n) is 19.2. The van der Waals surface area contributed by atoms with Crippen molar-refractivity contribution in [1.82, 2.24) is 9.80 Å². The fourth-order valence-corrected chi connectivity index (χ4v) is 5.60. The van der Waals surface area contributed by atoms with E-state index in [2.05, 4.69) is 4.90 Å². The molecule has 2 bridgehead atoms. The first-order valence-electron chi connectivity index (χ1n) is 12.1. The van der Waals surface area contributed by atoms with Crippen molar-refractivity contribution < 1.29 is 18.7 Å². The zero-order valence-corrected chi connectivity index (χ0v) is 19.2. The first kappa shape index (κ1) is 22.1. The number of fused-ring (bicyclic) bond motifs is 4. The van der Waals surface area contributed by atoms with Crippen LogP contribution in [0.3, 0.4) is 0 Å². The molecule has 174 valence electrons. The SMILES string of the molecule is CCC(=O)c1ccc2c(c1)[C@H](c1ccc(F)cc1)N(C(=O)OCC13CCN(CC1)CC3)CC2. The van der Waals surface area contributed by atoms with Crippen LogP contribution in [0.4, 0.5) is 9.18 Å². The van der Waals surface area contributed by atoms with Crippen molar-refractivity contribution in [2.24, 2.45) is 5.41 Å². The van der Waals surface area contributed by atoms with E-state index in [1.165, 1.54) is 12.1 Å². The number of rotatable bonds is 5. The standard InChI is InChI=1S/C27H31FN2O3/c1-2-24(31)21-4-3-19-9-13-30(25(23(19)17-21)20-5-7-22(28)8-6-20)26(32)33-18-27-10-14-29(15-11-27)16-12-27/h3-8,17,25H,2,9-16,18H2,1H3/t25-/m0/s1. The monoisotopic (exact) mass is 450 g/mol. The highest BCUT2D eigenvalue weighted by Crippen LogP contribution is 2.41. The largest absolute Gasteiger partial charge is 0.449 e. The summed E-state index contributed by atoms with van der Waals surface area (Å²) in [5, 5.41) is 0. The van der Waals surface area contributed by atoms with Crippen molar-refractivity contribution in [3.63, 3.8) is 0 Å². The molecule has 0 aromatic heterocycles. The molecule has 1 atom stereocenters. The number of hydrogen-bond acceptors (Lipinski definition) is 4. The normalized spacial score (nSPS) is 26.1. The van der Waals surface area contributed by atoms with Crippen molar-refractivity contribution in [2.75, 3.05) is 32.8 Å². The second kappa shape index (κ2) is 8.90.